The molecule has 2 aromatic heterocycles. The summed E-state index contributed by atoms with van der Waals surface area (Å²) in [5.41, 5.74) is 0. The highest BCUT2D eigenvalue weighted by molar-refractivity contribution is 7.17. The van der Waals surface area contributed by atoms with Gasteiger partial charge in [-0.25, -0.2) is 4.98 Å². The lowest BCUT2D eigenvalue weighted by molar-refractivity contribution is 0.445. The summed E-state index contributed by atoms with van der Waals surface area (Å²) in [6, 6.07) is 4.88. The van der Waals surface area contributed by atoms with Gasteiger partial charge in [-0.3, -0.25) is 0 Å². The van der Waals surface area contributed by atoms with Crippen LogP contribution in [0.25, 0.3) is 10.1 Å². The molecule has 2 nitrogen and oxygen atoms in total. The molecule has 0 aromatic carbocycles. The average molecular weight is 204 g/mol. The first kappa shape index (κ1) is 8.24. The maximum Gasteiger partial charge on any atom is 0.134 e. The van der Waals surface area contributed by atoms with Gasteiger partial charge in [-0.05, 0) is 36.8 Å². The smallest absolute Gasteiger partial charge is 0.134 e. The Morgan fingerprint density at radius 1 is 1.36 bits per heavy atom. The maximum absolute atomic E-state index is 4.40. The van der Waals surface area contributed by atoms with Crippen molar-refractivity contribution in [1.29, 1.82) is 0 Å². The Hall–Kier alpha value is -1.09. The zero-order valence-electron chi connectivity index (χ0n) is 7.86. The van der Waals surface area contributed by atoms with Crippen molar-refractivity contribution < 1.29 is 0 Å². The molecule has 1 N–H and O–H groups in total. The van der Waals surface area contributed by atoms with Crippen LogP contribution in [0.2, 0.25) is 0 Å². The van der Waals surface area contributed by atoms with Crippen molar-refractivity contribution in [3.05, 3.63) is 23.7 Å². The molecule has 0 unspecified atom stereocenters. The van der Waals surface area contributed by atoms with Crippen LogP contribution in [0, 0.1) is 0 Å². The summed E-state index contributed by atoms with van der Waals surface area (Å²) >= 11 is 1.77. The fraction of sp³-hybridized carbons (Fsp3) is 0.364. The van der Waals surface area contributed by atoms with E-state index in [9.17, 15) is 0 Å². The summed E-state index contributed by atoms with van der Waals surface area (Å²) in [5.74, 6) is 1.06. The predicted octanol–water partition coefficient (Wildman–Crippen LogP) is 3.26. The lowest BCUT2D eigenvalue weighted by atomic mass is 9.93. The molecule has 1 aliphatic rings. The molecular weight excluding hydrogens is 192 g/mol. The Bertz CT molecular complexity index is 445. The lowest BCUT2D eigenvalue weighted by Crippen LogP contribution is -2.27. The summed E-state index contributed by atoms with van der Waals surface area (Å²) < 4.78 is 1.32. The summed E-state index contributed by atoms with van der Waals surface area (Å²) in [4.78, 5) is 4.40. The molecule has 0 amide bonds. The van der Waals surface area contributed by atoms with E-state index >= 15 is 0 Å². The lowest BCUT2D eigenvalue weighted by Gasteiger charge is -2.27. The van der Waals surface area contributed by atoms with Crippen LogP contribution in [0.5, 0.6) is 0 Å². The van der Waals surface area contributed by atoms with Crippen LogP contribution in [-0.4, -0.2) is 11.0 Å². The van der Waals surface area contributed by atoms with Crippen LogP contribution < -0.4 is 5.32 Å². The monoisotopic (exact) mass is 204 g/mol. The molecule has 0 radical (unpaired) electrons. The van der Waals surface area contributed by atoms with Gasteiger partial charge >= 0.3 is 0 Å². The van der Waals surface area contributed by atoms with Gasteiger partial charge in [-0.2, -0.15) is 0 Å². The number of hydrogen-bond acceptors (Lipinski definition) is 3. The van der Waals surface area contributed by atoms with Crippen LogP contribution in [-0.2, 0) is 0 Å². The molecule has 1 saturated carbocycles. The molecule has 1 fully saturated rings. The number of thiophene rings is 1. The van der Waals surface area contributed by atoms with E-state index in [0.29, 0.717) is 6.04 Å². The zero-order valence-corrected chi connectivity index (χ0v) is 8.68. The van der Waals surface area contributed by atoms with Crippen LogP contribution in [0.3, 0.4) is 0 Å². The minimum atomic E-state index is 0.660. The topological polar surface area (TPSA) is 24.9 Å². The third-order valence-electron chi connectivity index (χ3n) is 2.83. The molecular formula is C11H12N2S. The second-order valence-corrected chi connectivity index (χ2v) is 4.71. The zero-order chi connectivity index (χ0) is 9.38. The third kappa shape index (κ3) is 1.28. The van der Waals surface area contributed by atoms with E-state index in [-0.39, 0.29) is 0 Å². The fourth-order valence-corrected chi connectivity index (χ4v) is 2.54. The van der Waals surface area contributed by atoms with Crippen molar-refractivity contribution in [2.45, 2.75) is 25.3 Å². The van der Waals surface area contributed by atoms with Gasteiger partial charge in [-0.15, -0.1) is 11.3 Å². The van der Waals surface area contributed by atoms with Crippen LogP contribution in [0.1, 0.15) is 19.3 Å². The van der Waals surface area contributed by atoms with Gasteiger partial charge in [0.05, 0.1) is 0 Å². The Labute approximate surface area is 87.0 Å². The fourth-order valence-electron chi connectivity index (χ4n) is 1.76. The Morgan fingerprint density at radius 3 is 3.07 bits per heavy atom. The number of nitrogens with zero attached hydrogens (tertiary/aromatic N) is 1. The minimum Gasteiger partial charge on any atom is -0.367 e. The van der Waals surface area contributed by atoms with Gasteiger partial charge in [-0.1, -0.05) is 0 Å². The van der Waals surface area contributed by atoms with Crippen molar-refractivity contribution in [2.24, 2.45) is 0 Å². The van der Waals surface area contributed by atoms with E-state index < -0.39 is 0 Å². The van der Waals surface area contributed by atoms with Crippen LogP contribution >= 0.6 is 11.3 Å². The molecule has 72 valence electrons. The van der Waals surface area contributed by atoms with Gasteiger partial charge in [0, 0.05) is 22.3 Å². The van der Waals surface area contributed by atoms with Crippen molar-refractivity contribution in [3.8, 4) is 0 Å². The number of nitrogens with one attached hydrogen (secondary N) is 1. The Balaban J connectivity index is 1.97. The molecule has 0 saturated heterocycles. The molecule has 3 heteroatoms. The largest absolute Gasteiger partial charge is 0.367 e. The highest BCUT2D eigenvalue weighted by atomic mass is 32.1. The van der Waals surface area contributed by atoms with Gasteiger partial charge in [0.25, 0.3) is 0 Å². The number of fused-ring (bicyclic) bond motifs is 1. The van der Waals surface area contributed by atoms with E-state index in [2.05, 4.69) is 27.8 Å². The second-order valence-electron chi connectivity index (χ2n) is 3.76. The highest BCUT2D eigenvalue weighted by Gasteiger charge is 2.18. The molecule has 14 heavy (non-hydrogen) atoms. The molecule has 0 spiro atoms. The average Bonchev–Trinajstić information content (AvgIpc) is 2.59. The van der Waals surface area contributed by atoms with E-state index in [1.54, 1.807) is 11.3 Å². The van der Waals surface area contributed by atoms with Crippen molar-refractivity contribution >= 4 is 27.2 Å². The van der Waals surface area contributed by atoms with Crippen LogP contribution in [0.4, 0.5) is 5.82 Å². The number of hydrogen-bond donors (Lipinski definition) is 1. The first-order valence-corrected chi connectivity index (χ1v) is 5.90. The SMILES string of the molecule is c1cc2sccc2c(NC2CCC2)n1. The molecule has 2 heterocycles. The van der Waals surface area contributed by atoms with E-state index in [1.807, 2.05) is 6.20 Å². The highest BCUT2D eigenvalue weighted by Crippen LogP contribution is 2.29. The number of rotatable bonds is 2. The first-order chi connectivity index (χ1) is 6.93. The summed E-state index contributed by atoms with van der Waals surface area (Å²) in [7, 11) is 0. The predicted molar refractivity (Wildman–Crippen MR) is 60.9 cm³/mol. The first-order valence-electron chi connectivity index (χ1n) is 5.02. The van der Waals surface area contributed by atoms with Gasteiger partial charge < -0.3 is 5.32 Å². The number of anilines is 1. The molecule has 2 aromatic rings. The summed E-state index contributed by atoms with van der Waals surface area (Å²) in [5, 5.41) is 6.89. The van der Waals surface area contributed by atoms with Gasteiger partial charge in [0.1, 0.15) is 5.82 Å². The number of aromatic nitrogens is 1. The minimum absolute atomic E-state index is 0.660. The normalized spacial score (nSPS) is 16.9. The van der Waals surface area contributed by atoms with Crippen molar-refractivity contribution in [2.75, 3.05) is 5.32 Å². The van der Waals surface area contributed by atoms with E-state index in [4.69, 9.17) is 0 Å². The maximum atomic E-state index is 4.40. The molecule has 0 aliphatic heterocycles. The third-order valence-corrected chi connectivity index (χ3v) is 3.71. The van der Waals surface area contributed by atoms with Crippen molar-refractivity contribution in [1.82, 2.24) is 4.98 Å². The van der Waals surface area contributed by atoms with Gasteiger partial charge in [0.2, 0.25) is 0 Å². The number of pyridine rings is 1. The molecule has 0 atom stereocenters. The molecule has 3 rings (SSSR count). The molecule has 1 aliphatic carbocycles. The molecule has 0 bridgehead atoms. The van der Waals surface area contributed by atoms with E-state index in [0.717, 1.165) is 5.82 Å². The second kappa shape index (κ2) is 3.24. The summed E-state index contributed by atoms with van der Waals surface area (Å²) in [6.07, 6.45) is 5.83. The van der Waals surface area contributed by atoms with Crippen LogP contribution in [0.15, 0.2) is 23.7 Å². The van der Waals surface area contributed by atoms with E-state index in [1.165, 1.54) is 29.3 Å². The standard InChI is InChI=1S/C11H12N2S/c1-2-8(3-1)13-11-9-5-7-14-10(9)4-6-12-11/h4-8H,1-3H2,(H,12,13). The van der Waals surface area contributed by atoms with Crippen molar-refractivity contribution in [3.63, 3.8) is 0 Å². The Kier molecular flexibility index (Phi) is 1.91. The Morgan fingerprint density at radius 2 is 2.29 bits per heavy atom. The summed E-state index contributed by atoms with van der Waals surface area (Å²) in [6.45, 7) is 0. The van der Waals surface area contributed by atoms with Gasteiger partial charge in [0.15, 0.2) is 0 Å². The quantitative estimate of drug-likeness (QED) is 0.812.